The maximum absolute atomic E-state index is 6.52. The third-order valence-corrected chi connectivity index (χ3v) is 14.8. The van der Waals surface area contributed by atoms with Gasteiger partial charge in [0, 0.05) is 29.6 Å². The van der Waals surface area contributed by atoms with Crippen molar-refractivity contribution in [1.82, 2.24) is 0 Å². The highest BCUT2D eigenvalue weighted by Gasteiger charge is 2.58. The molecule has 6 heteroatoms. The Bertz CT molecular complexity index is 294. The zero-order valence-corrected chi connectivity index (χ0v) is 19.9. The van der Waals surface area contributed by atoms with Gasteiger partial charge in [-0.15, -0.1) is 0 Å². The zero-order valence-electron chi connectivity index (χ0n) is 17.9. The summed E-state index contributed by atoms with van der Waals surface area (Å²) in [5.41, 5.74) is 0. The van der Waals surface area contributed by atoms with Crippen LogP contribution in [0.25, 0.3) is 0 Å². The van der Waals surface area contributed by atoms with Crippen molar-refractivity contribution in [2.75, 3.05) is 0 Å². The SMILES string of the molecule is CC[Si](OC(C)C)(OC(C)C)C(C)[Si](CC)(OC(C)C)OC(C)C. The van der Waals surface area contributed by atoms with Gasteiger partial charge in [0.1, 0.15) is 0 Å². The fraction of sp³-hybridized carbons (Fsp3) is 1.00. The molecule has 0 aromatic carbocycles. The van der Waals surface area contributed by atoms with Crippen LogP contribution >= 0.6 is 0 Å². The molecule has 0 amide bonds. The van der Waals surface area contributed by atoms with E-state index in [0.29, 0.717) is 0 Å². The van der Waals surface area contributed by atoms with Crippen LogP contribution in [0.3, 0.4) is 0 Å². The molecule has 0 rings (SSSR count). The Kier molecular flexibility index (Phi) is 10.5. The van der Waals surface area contributed by atoms with Crippen molar-refractivity contribution < 1.29 is 17.7 Å². The molecule has 0 aromatic rings. The van der Waals surface area contributed by atoms with E-state index in [1.165, 1.54) is 0 Å². The van der Waals surface area contributed by atoms with Crippen molar-refractivity contribution in [3.8, 4) is 0 Å². The van der Waals surface area contributed by atoms with Crippen molar-refractivity contribution in [3.05, 3.63) is 0 Å². The molecule has 0 aromatic heterocycles. The zero-order chi connectivity index (χ0) is 19.1. The molecule has 0 fully saturated rings. The third-order valence-electron chi connectivity index (χ3n) is 4.05. The summed E-state index contributed by atoms with van der Waals surface area (Å²) in [6, 6.07) is 1.81. The summed E-state index contributed by atoms with van der Waals surface area (Å²) in [4.78, 5) is 0. The molecule has 0 bridgehead atoms. The van der Waals surface area contributed by atoms with Gasteiger partial charge in [-0.3, -0.25) is 0 Å². The lowest BCUT2D eigenvalue weighted by Crippen LogP contribution is -2.62. The molecule has 0 spiro atoms. The number of rotatable bonds is 12. The summed E-state index contributed by atoms with van der Waals surface area (Å²) >= 11 is 0. The van der Waals surface area contributed by atoms with E-state index in [0.717, 1.165) is 12.1 Å². The Morgan fingerprint density at radius 1 is 0.500 bits per heavy atom. The van der Waals surface area contributed by atoms with Crippen LogP contribution in [0.4, 0.5) is 0 Å². The van der Waals surface area contributed by atoms with Crippen molar-refractivity contribution in [3.63, 3.8) is 0 Å². The van der Waals surface area contributed by atoms with Crippen molar-refractivity contribution in [2.45, 2.75) is 118 Å². The largest absolute Gasteiger partial charge is 0.392 e. The summed E-state index contributed by atoms with van der Waals surface area (Å²) in [5, 5.41) is 0.189. The second-order valence-electron chi connectivity index (χ2n) is 7.72. The van der Waals surface area contributed by atoms with Gasteiger partial charge < -0.3 is 17.7 Å². The normalized spacial score (nSPS) is 14.0. The molecular formula is C18H42O4Si2. The topological polar surface area (TPSA) is 36.9 Å². The molecule has 146 valence electrons. The molecule has 0 saturated carbocycles. The molecule has 0 unspecified atom stereocenters. The summed E-state index contributed by atoms with van der Waals surface area (Å²) < 4.78 is 26.1. The molecule has 0 radical (unpaired) electrons. The first-order valence-electron chi connectivity index (χ1n) is 9.65. The molecule has 0 aliphatic carbocycles. The van der Waals surface area contributed by atoms with Gasteiger partial charge >= 0.3 is 17.1 Å². The van der Waals surface area contributed by atoms with Crippen molar-refractivity contribution >= 4 is 17.1 Å². The number of hydrogen-bond acceptors (Lipinski definition) is 4. The molecule has 4 nitrogen and oxygen atoms in total. The molecule has 24 heavy (non-hydrogen) atoms. The minimum absolute atomic E-state index is 0.138. The van der Waals surface area contributed by atoms with Gasteiger partial charge in [-0.1, -0.05) is 20.8 Å². The average Bonchev–Trinajstić information content (AvgIpc) is 2.42. The van der Waals surface area contributed by atoms with Crippen LogP contribution in [0.5, 0.6) is 0 Å². The molecule has 0 aliphatic rings. The highest BCUT2D eigenvalue weighted by Crippen LogP contribution is 2.41. The van der Waals surface area contributed by atoms with Crippen LogP contribution in [0.15, 0.2) is 0 Å². The van der Waals surface area contributed by atoms with E-state index < -0.39 is 17.1 Å². The van der Waals surface area contributed by atoms with Crippen LogP contribution < -0.4 is 0 Å². The Labute approximate surface area is 153 Å². The lowest BCUT2D eigenvalue weighted by atomic mass is 10.5. The maximum Gasteiger partial charge on any atom is 0.343 e. The van der Waals surface area contributed by atoms with Gasteiger partial charge in [-0.05, 0) is 67.5 Å². The molecule has 0 aliphatic heterocycles. The summed E-state index contributed by atoms with van der Waals surface area (Å²) in [5.74, 6) is 0. The average molecular weight is 379 g/mol. The van der Waals surface area contributed by atoms with Gasteiger partial charge in [-0.2, -0.15) is 0 Å². The Morgan fingerprint density at radius 3 is 0.833 bits per heavy atom. The molecule has 0 atom stereocenters. The van der Waals surface area contributed by atoms with E-state index in [1.807, 2.05) is 0 Å². The highest BCUT2D eigenvalue weighted by atomic mass is 28.4. The van der Waals surface area contributed by atoms with Crippen LogP contribution in [0.2, 0.25) is 17.3 Å². The predicted octanol–water partition coefficient (Wildman–Crippen LogP) is 5.54. The lowest BCUT2D eigenvalue weighted by Gasteiger charge is -2.46. The second-order valence-corrected chi connectivity index (χ2v) is 15.6. The van der Waals surface area contributed by atoms with E-state index in [4.69, 9.17) is 17.7 Å². The summed E-state index contributed by atoms with van der Waals surface area (Å²) in [6.45, 7) is 23.4. The van der Waals surface area contributed by atoms with Crippen LogP contribution in [0.1, 0.15) is 76.2 Å². The van der Waals surface area contributed by atoms with Gasteiger partial charge in [0.05, 0.1) is 0 Å². The first-order valence-corrected chi connectivity index (χ1v) is 13.9. The van der Waals surface area contributed by atoms with Crippen molar-refractivity contribution in [1.29, 1.82) is 0 Å². The lowest BCUT2D eigenvalue weighted by molar-refractivity contribution is 0.0781. The third kappa shape index (κ3) is 6.88. The maximum atomic E-state index is 6.52. The fourth-order valence-corrected chi connectivity index (χ4v) is 14.1. The van der Waals surface area contributed by atoms with Crippen molar-refractivity contribution in [2.24, 2.45) is 0 Å². The van der Waals surface area contributed by atoms with Gasteiger partial charge in [0.2, 0.25) is 0 Å². The Hall–Kier alpha value is 0.274. The minimum atomic E-state index is -2.48. The molecule has 0 heterocycles. The van der Waals surface area contributed by atoms with E-state index in [2.05, 4.69) is 76.2 Å². The molecule has 0 N–H and O–H groups in total. The standard InChI is InChI=1S/C18H42O4Si2/c1-12-23(19-14(3)4,20-15(5)6)18(11)24(13-2,21-16(7)8)22-17(9)10/h14-18H,12-13H2,1-11H3. The second kappa shape index (κ2) is 10.4. The summed E-state index contributed by atoms with van der Waals surface area (Å²) in [7, 11) is -4.95. The first kappa shape index (κ1) is 24.3. The molecule has 0 saturated heterocycles. The first-order chi connectivity index (χ1) is 10.9. The smallest absolute Gasteiger partial charge is 0.343 e. The Morgan fingerprint density at radius 2 is 0.708 bits per heavy atom. The predicted molar refractivity (Wildman–Crippen MR) is 107 cm³/mol. The monoisotopic (exact) mass is 378 g/mol. The van der Waals surface area contributed by atoms with Crippen LogP contribution in [0, 0.1) is 0 Å². The quantitative estimate of drug-likeness (QED) is 0.418. The molecular weight excluding hydrogens is 336 g/mol. The van der Waals surface area contributed by atoms with Crippen LogP contribution in [-0.4, -0.2) is 41.5 Å². The van der Waals surface area contributed by atoms with E-state index in [1.54, 1.807) is 0 Å². The highest BCUT2D eigenvalue weighted by molar-refractivity contribution is 6.88. The fourth-order valence-electron chi connectivity index (χ4n) is 3.34. The van der Waals surface area contributed by atoms with Gasteiger partial charge in [0.25, 0.3) is 0 Å². The van der Waals surface area contributed by atoms with Gasteiger partial charge in [0.15, 0.2) is 0 Å². The summed E-state index contributed by atoms with van der Waals surface area (Å²) in [6.07, 6.45) is 0.554. The van der Waals surface area contributed by atoms with Crippen LogP contribution in [-0.2, 0) is 17.7 Å². The Balaban J connectivity index is 5.97. The number of hydrogen-bond donors (Lipinski definition) is 0. The van der Waals surface area contributed by atoms with E-state index in [9.17, 15) is 0 Å². The minimum Gasteiger partial charge on any atom is -0.392 e. The van der Waals surface area contributed by atoms with E-state index in [-0.39, 0.29) is 29.6 Å². The van der Waals surface area contributed by atoms with E-state index >= 15 is 0 Å². The van der Waals surface area contributed by atoms with Gasteiger partial charge in [-0.25, -0.2) is 0 Å².